The van der Waals surface area contributed by atoms with Crippen molar-refractivity contribution in [1.29, 1.82) is 0 Å². The molecule has 2 atom stereocenters. The largest absolute Gasteiger partial charge is 0.108 e. The first-order valence-electron chi connectivity index (χ1n) is 40.2. The minimum Gasteiger partial charge on any atom is -0.108 e. The lowest BCUT2D eigenvalue weighted by atomic mass is 9.67. The van der Waals surface area contributed by atoms with Crippen molar-refractivity contribution >= 4 is 68.7 Å². The van der Waals surface area contributed by atoms with Gasteiger partial charge >= 0.3 is 0 Å². The van der Waals surface area contributed by atoms with Crippen LogP contribution in [0.15, 0.2) is 321 Å². The van der Waals surface area contributed by atoms with Crippen molar-refractivity contribution in [1.82, 2.24) is 0 Å². The highest BCUT2D eigenvalue weighted by Gasteiger charge is 2.46. The molecule has 6 aliphatic rings. The second-order valence-electron chi connectivity index (χ2n) is 34.8. The van der Waals surface area contributed by atoms with Crippen LogP contribution in [0.1, 0.15) is 124 Å². The molecule has 16 aromatic rings. The molecule has 0 saturated heterocycles. The molecule has 0 saturated carbocycles. The Morgan fingerprint density at radius 1 is 0.295 bits per heavy atom. The lowest BCUT2D eigenvalue weighted by Gasteiger charge is -2.36. The summed E-state index contributed by atoms with van der Waals surface area (Å²) in [5.74, 6) is 0.393. The van der Waals surface area contributed by atoms with Gasteiger partial charge in [-0.25, -0.2) is 0 Å². The molecule has 0 nitrogen and oxygen atoms in total. The number of hydrogen-bond acceptors (Lipinski definition) is 0. The molecule has 22 rings (SSSR count). The molecule has 2 unspecified atom stereocenters. The molecule has 0 aromatic heterocycles. The zero-order valence-electron chi connectivity index (χ0n) is 65.0. The van der Waals surface area contributed by atoms with Crippen LogP contribution in [0.3, 0.4) is 0 Å². The monoisotopic (exact) mass is 1450 g/mol. The summed E-state index contributed by atoms with van der Waals surface area (Å²) in [5, 5.41) is 13.0. The van der Waals surface area contributed by atoms with Crippen LogP contribution in [0.2, 0.25) is 0 Å². The van der Waals surface area contributed by atoms with Crippen LogP contribution in [0.4, 0.5) is 0 Å². The van der Waals surface area contributed by atoms with Crippen LogP contribution in [-0.4, -0.2) is 6.30 Å². The van der Waals surface area contributed by atoms with Crippen LogP contribution in [0, 0.1) is 11.8 Å². The van der Waals surface area contributed by atoms with Gasteiger partial charge in [-0.3, -0.25) is 0 Å². The Morgan fingerprint density at radius 2 is 0.723 bits per heavy atom. The van der Waals surface area contributed by atoms with Crippen molar-refractivity contribution in [3.63, 3.8) is 0 Å². The summed E-state index contributed by atoms with van der Waals surface area (Å²) in [7, 11) is 1.14. The molecule has 0 amide bonds. The van der Waals surface area contributed by atoms with Gasteiger partial charge in [0.05, 0.1) is 0 Å². The molecule has 0 fully saturated rings. The summed E-state index contributed by atoms with van der Waals surface area (Å²) in [6.07, 6.45) is 12.4. The SMILES string of the molecule is C=PCc1ccc2c(c1)C(C)(C)c1ccc3c(-c4c5ccccc5c(-c5cccc(-c6cccc(-c7ccc8c(c7)C(C)(C)c7cc(C9=c%10ccccc%10=C(c%10ccccc%10)C%10=CC=CC(C)C%109)c9ccc%10c(c9c7-8)-c7ccc(-c8ccccc8)cc7C%10(C)C)c6)c5)c5ccccc45)cc4c(c3c1-2)-c1ccccc1C4(C)C. The predicted molar refractivity (Wildman–Crippen MR) is 479 cm³/mol. The van der Waals surface area contributed by atoms with Gasteiger partial charge in [-0.2, -0.15) is 0 Å². The normalized spacial score (nSPS) is 17.0. The summed E-state index contributed by atoms with van der Waals surface area (Å²) in [6.45, 7) is 22.1. The molecule has 0 spiro atoms. The van der Waals surface area contributed by atoms with Crippen molar-refractivity contribution in [2.75, 3.05) is 0 Å². The molecule has 6 aliphatic carbocycles. The molecule has 0 aliphatic heterocycles. The highest BCUT2D eigenvalue weighted by atomic mass is 31.1. The quantitative estimate of drug-likeness (QED) is 0.0998. The molecule has 1 heteroatoms. The van der Waals surface area contributed by atoms with E-state index in [-0.39, 0.29) is 33.5 Å². The first-order chi connectivity index (χ1) is 54.5. The van der Waals surface area contributed by atoms with Gasteiger partial charge in [-0.1, -0.05) is 348 Å². The van der Waals surface area contributed by atoms with Gasteiger partial charge in [-0.15, -0.1) is 8.20 Å². The summed E-state index contributed by atoms with van der Waals surface area (Å²) < 4.78 is 0. The first kappa shape index (κ1) is 66.9. The van der Waals surface area contributed by atoms with Crippen molar-refractivity contribution in [2.24, 2.45) is 11.8 Å². The number of rotatable bonds is 9. The maximum absolute atomic E-state index is 4.23. The van der Waals surface area contributed by atoms with Crippen LogP contribution in [0.5, 0.6) is 0 Å². The van der Waals surface area contributed by atoms with Crippen LogP contribution >= 0.6 is 8.20 Å². The van der Waals surface area contributed by atoms with Crippen LogP contribution in [0.25, 0.3) is 154 Å². The fourth-order valence-electron chi connectivity index (χ4n) is 22.0. The van der Waals surface area contributed by atoms with E-state index in [0.29, 0.717) is 0 Å². The third-order valence-electron chi connectivity index (χ3n) is 27.4. The van der Waals surface area contributed by atoms with Crippen LogP contribution < -0.4 is 10.4 Å². The fraction of sp³-hybridized carbons (Fsp3) is 0.144. The lowest BCUT2D eigenvalue weighted by molar-refractivity contribution is 0.597. The van der Waals surface area contributed by atoms with Gasteiger partial charge in [0.15, 0.2) is 0 Å². The Kier molecular flexibility index (Phi) is 14.5. The summed E-state index contributed by atoms with van der Waals surface area (Å²) >= 11 is 0. The highest BCUT2D eigenvalue weighted by Crippen LogP contribution is 2.63. The van der Waals surface area contributed by atoms with Crippen LogP contribution in [-0.2, 0) is 27.8 Å². The van der Waals surface area contributed by atoms with Crippen molar-refractivity contribution < 1.29 is 0 Å². The van der Waals surface area contributed by atoms with E-state index >= 15 is 0 Å². The van der Waals surface area contributed by atoms with Gasteiger partial charge in [0, 0.05) is 33.7 Å². The molecular weight excluding hydrogens is 1360 g/mol. The lowest BCUT2D eigenvalue weighted by Crippen LogP contribution is -2.39. The van der Waals surface area contributed by atoms with Gasteiger partial charge < -0.3 is 0 Å². The second kappa shape index (κ2) is 24.2. The third kappa shape index (κ3) is 9.34. The molecule has 0 heterocycles. The van der Waals surface area contributed by atoms with E-state index in [4.69, 9.17) is 0 Å². The topological polar surface area (TPSA) is 0 Å². The average molecular weight is 1450 g/mol. The van der Waals surface area contributed by atoms with Crippen molar-refractivity contribution in [3.8, 4) is 100 Å². The molecule has 112 heavy (non-hydrogen) atoms. The van der Waals surface area contributed by atoms with E-state index in [1.807, 2.05) is 0 Å². The van der Waals surface area contributed by atoms with Crippen molar-refractivity contribution in [3.05, 3.63) is 393 Å². The number of allylic oxidation sites excluding steroid dienone is 4. The average Bonchev–Trinajstić information content (AvgIpc) is 1.50. The molecular formula is C111H85P. The minimum absolute atomic E-state index is 0.133. The summed E-state index contributed by atoms with van der Waals surface area (Å²) in [6, 6.07) is 115. The van der Waals surface area contributed by atoms with E-state index < -0.39 is 0 Å². The standard InChI is InChI=1S/C111H85P/c1-64-28-25-44-86-97(64)101(79-42-22-19-39-76(79)98(86)67-31-15-12-16-32-67)88-62-96-105(107-81(88)53-55-91-103(107)84-50-47-71(59-93(84)110(91,6)7)66-29-13-11-14-30-66)85-51-48-72(60-94(85)111(96,8)9)69-34-26-33-68(57-69)70-35-27-36-73(58-70)99-74-37-17-20-40-77(74)100(78-41-21-18-38-75(78)99)87-61-95-104(82-43-23-24-45-89(82)108(95,2)3)106-80(87)52-54-90-102(106)83-49-46-65(63-112-10)56-92(83)109(90,4)5/h11-62,64,97H,10,63H2,1-9H3. The molecule has 534 valence electrons. The van der Waals surface area contributed by atoms with E-state index in [1.54, 1.807) is 0 Å². The highest BCUT2D eigenvalue weighted by molar-refractivity contribution is 7.35. The predicted octanol–water partition coefficient (Wildman–Crippen LogP) is 27.9. The van der Waals surface area contributed by atoms with E-state index in [2.05, 4.69) is 384 Å². The zero-order valence-corrected chi connectivity index (χ0v) is 65.9. The van der Waals surface area contributed by atoms with E-state index in [9.17, 15) is 0 Å². The molecule has 0 bridgehead atoms. The summed E-state index contributed by atoms with van der Waals surface area (Å²) in [4.78, 5) is 0. The Balaban J connectivity index is 0.700. The Labute approximate surface area is 659 Å². The maximum atomic E-state index is 4.23. The maximum Gasteiger partial charge on any atom is 0.0168 e. The van der Waals surface area contributed by atoms with Gasteiger partial charge in [0.1, 0.15) is 0 Å². The first-order valence-corrected chi connectivity index (χ1v) is 41.5. The van der Waals surface area contributed by atoms with E-state index in [1.165, 1.54) is 232 Å². The molecule has 16 aromatic carbocycles. The van der Waals surface area contributed by atoms with Gasteiger partial charge in [0.2, 0.25) is 0 Å². The number of fused-ring (bicyclic) bond motifs is 22. The number of hydrogen-bond donors (Lipinski definition) is 0. The number of benzene rings is 16. The van der Waals surface area contributed by atoms with Crippen molar-refractivity contribution in [2.45, 2.75) is 90.1 Å². The minimum atomic E-state index is -0.364. The molecule has 0 radical (unpaired) electrons. The van der Waals surface area contributed by atoms with E-state index in [0.717, 1.165) is 14.4 Å². The Hall–Kier alpha value is -12.1. The third-order valence-corrected chi connectivity index (χ3v) is 28.0. The zero-order chi connectivity index (χ0) is 75.6. The fourth-order valence-corrected chi connectivity index (χ4v) is 22.4. The Morgan fingerprint density at radius 3 is 1.32 bits per heavy atom. The van der Waals surface area contributed by atoms with Gasteiger partial charge in [-0.05, 0) is 274 Å². The smallest absolute Gasteiger partial charge is 0.0168 e. The molecule has 0 N–H and O–H groups in total. The summed E-state index contributed by atoms with van der Waals surface area (Å²) in [5.41, 5.74) is 41.5. The second-order valence-corrected chi connectivity index (χ2v) is 35.5. The van der Waals surface area contributed by atoms with Gasteiger partial charge in [0.25, 0.3) is 0 Å². The Bertz CT molecular complexity index is 7040.